The lowest BCUT2D eigenvalue weighted by atomic mass is 10.0. The number of nitrogens with zero attached hydrogens (tertiary/aromatic N) is 2. The van der Waals surface area contributed by atoms with Gasteiger partial charge in [0.05, 0.1) is 6.10 Å². The highest BCUT2D eigenvalue weighted by Gasteiger charge is 2.45. The van der Waals surface area contributed by atoms with Gasteiger partial charge in [-0.1, -0.05) is 38.8 Å². The first kappa shape index (κ1) is 33.4. The molecule has 0 saturated heterocycles. The van der Waals surface area contributed by atoms with Gasteiger partial charge in [-0.05, 0) is 48.9 Å². The van der Waals surface area contributed by atoms with E-state index in [-0.39, 0.29) is 61.3 Å². The van der Waals surface area contributed by atoms with E-state index in [1.165, 1.54) is 10.6 Å². The molecule has 1 fully saturated rings. The van der Waals surface area contributed by atoms with Crippen LogP contribution in [0, 0.1) is 11.8 Å². The monoisotopic (exact) mass is 598 g/mol. The molecule has 13 heteroatoms. The van der Waals surface area contributed by atoms with E-state index in [1.807, 2.05) is 13.8 Å². The van der Waals surface area contributed by atoms with E-state index < -0.39 is 23.6 Å². The summed E-state index contributed by atoms with van der Waals surface area (Å²) >= 11 is 0. The second kappa shape index (κ2) is 16.5. The molecule has 4 amide bonds. The first-order valence-electron chi connectivity index (χ1n) is 14.7. The molecule has 1 saturated carbocycles. The number of aliphatic hydroxyl groups is 1. The van der Waals surface area contributed by atoms with Crippen LogP contribution >= 0.6 is 0 Å². The number of aromatic nitrogens is 2. The number of benzene rings is 1. The van der Waals surface area contributed by atoms with Crippen molar-refractivity contribution in [3.8, 4) is 0 Å². The molecule has 3 rings (SSSR count). The van der Waals surface area contributed by atoms with Crippen LogP contribution in [0.15, 0.2) is 41.3 Å². The zero-order valence-electron chi connectivity index (χ0n) is 24.7. The van der Waals surface area contributed by atoms with Crippen LogP contribution in [0.3, 0.4) is 0 Å². The molecule has 2 aromatic rings. The lowest BCUT2D eigenvalue weighted by Gasteiger charge is -2.14. The Kier molecular flexibility index (Phi) is 12.8. The number of anilines is 2. The van der Waals surface area contributed by atoms with Gasteiger partial charge >= 0.3 is 5.69 Å². The number of hydrogen-bond acceptors (Lipinski definition) is 8. The average molecular weight is 599 g/mol. The molecule has 234 valence electrons. The number of rotatable bonds is 17. The van der Waals surface area contributed by atoms with Crippen LogP contribution in [0.1, 0.15) is 83.2 Å². The fourth-order valence-electron chi connectivity index (χ4n) is 4.75. The Bertz CT molecular complexity index is 1310. The van der Waals surface area contributed by atoms with Gasteiger partial charge in [0.25, 0.3) is 0 Å². The van der Waals surface area contributed by atoms with Gasteiger partial charge in [0.1, 0.15) is 5.82 Å². The number of carbonyl (C=O) groups excluding carboxylic acids is 4. The highest BCUT2D eigenvalue weighted by atomic mass is 16.5. The Balaban J connectivity index is 1.31. The van der Waals surface area contributed by atoms with E-state index in [4.69, 9.17) is 5.21 Å². The second-order valence-corrected chi connectivity index (χ2v) is 11.2. The molecule has 3 unspecified atom stereocenters. The largest absolute Gasteiger partial charge is 0.392 e. The minimum absolute atomic E-state index is 0.0196. The molecule has 0 radical (unpaired) electrons. The predicted octanol–water partition coefficient (Wildman–Crippen LogP) is 2.64. The van der Waals surface area contributed by atoms with Crippen LogP contribution < -0.4 is 27.1 Å². The van der Waals surface area contributed by atoms with Crippen LogP contribution in [-0.2, 0) is 25.7 Å². The number of unbranched alkanes of at least 4 members (excludes halogenated alkanes) is 3. The Hall–Kier alpha value is -4.10. The van der Waals surface area contributed by atoms with Crippen LogP contribution in [0.25, 0.3) is 0 Å². The summed E-state index contributed by atoms with van der Waals surface area (Å²) in [6.07, 6.45) is 5.25. The summed E-state index contributed by atoms with van der Waals surface area (Å²) in [5.74, 6) is -1.03. The summed E-state index contributed by atoms with van der Waals surface area (Å²) in [6, 6.07) is 8.51. The third kappa shape index (κ3) is 11.2. The molecule has 3 atom stereocenters. The third-order valence-electron chi connectivity index (χ3n) is 7.37. The van der Waals surface area contributed by atoms with Crippen LogP contribution in [0.2, 0.25) is 0 Å². The molecule has 0 spiro atoms. The molecule has 1 aliphatic rings. The molecule has 1 aromatic carbocycles. The lowest BCUT2D eigenvalue weighted by Crippen LogP contribution is -2.27. The Morgan fingerprint density at radius 2 is 1.51 bits per heavy atom. The minimum Gasteiger partial charge on any atom is -0.392 e. The predicted molar refractivity (Wildman–Crippen MR) is 159 cm³/mol. The Labute approximate surface area is 250 Å². The summed E-state index contributed by atoms with van der Waals surface area (Å²) < 4.78 is 1.48. The fraction of sp³-hybridized carbons (Fsp3) is 0.533. The number of hydrogen-bond donors (Lipinski definition) is 6. The zero-order valence-corrected chi connectivity index (χ0v) is 24.7. The average Bonchev–Trinajstić information content (AvgIpc) is 3.77. The standard InChI is InChI=1S/C30H42N6O7/c1-19(2)29(41)22-17-23(22)36-16-15-24(34-30(36)42)33-27(39)14-13-25(37)31-18-20-9-11-21(12-10-20)32-26(38)7-5-3-4-6-8-28(40)35-43/h9-12,15-16,19,22-23,29,41,43H,3-8,13-14,17-18H2,1-2H3,(H,31,37)(H,32,38)(H,35,40)(H,33,34,39,42). The van der Waals surface area contributed by atoms with Gasteiger partial charge in [0.15, 0.2) is 0 Å². The SMILES string of the molecule is CC(C)C(O)C1CC1n1ccc(NC(=O)CCC(=O)NCc2ccc(NC(=O)CCCCCCC(=O)NO)cc2)nc1=O. The van der Waals surface area contributed by atoms with E-state index in [0.29, 0.717) is 31.4 Å². The first-order chi connectivity index (χ1) is 20.6. The number of nitrogens with one attached hydrogen (secondary N) is 4. The highest BCUT2D eigenvalue weighted by molar-refractivity contribution is 5.92. The minimum atomic E-state index is -0.497. The van der Waals surface area contributed by atoms with E-state index in [1.54, 1.807) is 35.9 Å². The van der Waals surface area contributed by atoms with Gasteiger partial charge < -0.3 is 21.1 Å². The van der Waals surface area contributed by atoms with Crippen molar-refractivity contribution in [1.29, 1.82) is 0 Å². The van der Waals surface area contributed by atoms with Crippen molar-refractivity contribution < 1.29 is 29.5 Å². The summed E-state index contributed by atoms with van der Waals surface area (Å²) in [5.41, 5.74) is 2.56. The van der Waals surface area contributed by atoms with Crippen LogP contribution in [-0.4, -0.2) is 49.6 Å². The summed E-state index contributed by atoms with van der Waals surface area (Å²) in [5, 5.41) is 26.8. The molecular weight excluding hydrogens is 556 g/mol. The van der Waals surface area contributed by atoms with E-state index in [9.17, 15) is 29.1 Å². The van der Waals surface area contributed by atoms with Crippen molar-refractivity contribution in [2.24, 2.45) is 11.8 Å². The number of carbonyl (C=O) groups is 4. The van der Waals surface area contributed by atoms with Crippen molar-refractivity contribution in [2.75, 3.05) is 10.6 Å². The van der Waals surface area contributed by atoms with Gasteiger partial charge in [-0.3, -0.25) is 29.0 Å². The molecule has 43 heavy (non-hydrogen) atoms. The third-order valence-corrected chi connectivity index (χ3v) is 7.37. The van der Waals surface area contributed by atoms with E-state index in [0.717, 1.165) is 18.4 Å². The smallest absolute Gasteiger partial charge is 0.349 e. The lowest BCUT2D eigenvalue weighted by molar-refractivity contribution is -0.129. The van der Waals surface area contributed by atoms with Crippen molar-refractivity contribution in [2.45, 2.75) is 90.3 Å². The van der Waals surface area contributed by atoms with E-state index in [2.05, 4.69) is 20.9 Å². The van der Waals surface area contributed by atoms with Crippen molar-refractivity contribution in [1.82, 2.24) is 20.3 Å². The van der Waals surface area contributed by atoms with Gasteiger partial charge in [0, 0.05) is 56.1 Å². The van der Waals surface area contributed by atoms with Gasteiger partial charge in [0.2, 0.25) is 23.6 Å². The number of hydroxylamine groups is 1. The topological polar surface area (TPSA) is 192 Å². The molecule has 0 aliphatic heterocycles. The highest BCUT2D eigenvalue weighted by Crippen LogP contribution is 2.46. The Morgan fingerprint density at radius 1 is 0.884 bits per heavy atom. The summed E-state index contributed by atoms with van der Waals surface area (Å²) in [4.78, 5) is 64.0. The molecular formula is C30H42N6O7. The maximum atomic E-state index is 12.4. The molecule has 0 bridgehead atoms. The fourth-order valence-corrected chi connectivity index (χ4v) is 4.75. The molecule has 1 aliphatic carbocycles. The molecule has 6 N–H and O–H groups in total. The maximum Gasteiger partial charge on any atom is 0.349 e. The van der Waals surface area contributed by atoms with E-state index >= 15 is 0 Å². The Morgan fingerprint density at radius 3 is 2.14 bits per heavy atom. The quantitative estimate of drug-likeness (QED) is 0.0909. The summed E-state index contributed by atoms with van der Waals surface area (Å²) in [6.45, 7) is 4.12. The van der Waals surface area contributed by atoms with Crippen molar-refractivity contribution in [3.05, 3.63) is 52.6 Å². The molecule has 1 aromatic heterocycles. The van der Waals surface area contributed by atoms with Crippen LogP contribution in [0.4, 0.5) is 11.5 Å². The maximum absolute atomic E-state index is 12.4. The van der Waals surface area contributed by atoms with Crippen molar-refractivity contribution in [3.63, 3.8) is 0 Å². The zero-order chi connectivity index (χ0) is 31.4. The van der Waals surface area contributed by atoms with Crippen molar-refractivity contribution >= 4 is 35.1 Å². The van der Waals surface area contributed by atoms with Gasteiger partial charge in [-0.2, -0.15) is 4.98 Å². The summed E-state index contributed by atoms with van der Waals surface area (Å²) in [7, 11) is 0. The van der Waals surface area contributed by atoms with Gasteiger partial charge in [-0.25, -0.2) is 10.3 Å². The normalized spacial score (nSPS) is 16.3. The first-order valence-corrected chi connectivity index (χ1v) is 14.7. The van der Waals surface area contributed by atoms with Crippen LogP contribution in [0.5, 0.6) is 0 Å². The molecule has 1 heterocycles. The number of amides is 4. The second-order valence-electron chi connectivity index (χ2n) is 11.2. The number of aliphatic hydroxyl groups excluding tert-OH is 1. The molecule has 13 nitrogen and oxygen atoms in total. The van der Waals surface area contributed by atoms with Gasteiger partial charge in [-0.15, -0.1) is 0 Å².